The van der Waals surface area contributed by atoms with E-state index < -0.39 is 0 Å². The Labute approximate surface area is 138 Å². The molecule has 1 aliphatic rings. The second-order valence-corrected chi connectivity index (χ2v) is 5.72. The van der Waals surface area contributed by atoms with Crippen molar-refractivity contribution in [3.8, 4) is 11.6 Å². The SMILES string of the molecule is COc1nn(C)cc1C(=O)N1CC[C@@H](Oc2ccncc2Cl)C1. The van der Waals surface area contributed by atoms with E-state index in [1.54, 1.807) is 35.1 Å². The third-order valence-corrected chi connectivity index (χ3v) is 3.96. The number of ether oxygens (including phenoxy) is 2. The Hall–Kier alpha value is -2.28. The Morgan fingerprint density at radius 3 is 3.04 bits per heavy atom. The predicted octanol–water partition coefficient (Wildman–Crippen LogP) is 1.77. The second kappa shape index (κ2) is 6.45. The quantitative estimate of drug-likeness (QED) is 0.851. The van der Waals surface area contributed by atoms with Crippen molar-refractivity contribution in [2.75, 3.05) is 20.2 Å². The Balaban J connectivity index is 1.67. The van der Waals surface area contributed by atoms with Crippen molar-refractivity contribution >= 4 is 17.5 Å². The fraction of sp³-hybridized carbons (Fsp3) is 0.400. The van der Waals surface area contributed by atoms with Crippen molar-refractivity contribution in [1.82, 2.24) is 19.7 Å². The molecule has 8 heteroatoms. The van der Waals surface area contributed by atoms with Gasteiger partial charge in [-0.15, -0.1) is 5.10 Å². The lowest BCUT2D eigenvalue weighted by Crippen LogP contribution is -2.31. The highest BCUT2D eigenvalue weighted by molar-refractivity contribution is 6.31. The summed E-state index contributed by atoms with van der Waals surface area (Å²) >= 11 is 6.04. The summed E-state index contributed by atoms with van der Waals surface area (Å²) in [6.07, 6.45) is 5.47. The van der Waals surface area contributed by atoms with E-state index in [-0.39, 0.29) is 12.0 Å². The van der Waals surface area contributed by atoms with Crippen molar-refractivity contribution < 1.29 is 14.3 Å². The van der Waals surface area contributed by atoms with Gasteiger partial charge in [-0.25, -0.2) is 0 Å². The monoisotopic (exact) mass is 336 g/mol. The van der Waals surface area contributed by atoms with Gasteiger partial charge in [-0.3, -0.25) is 14.5 Å². The summed E-state index contributed by atoms with van der Waals surface area (Å²) in [5, 5.41) is 4.58. The van der Waals surface area contributed by atoms with Crippen LogP contribution in [-0.2, 0) is 7.05 Å². The van der Waals surface area contributed by atoms with Crippen LogP contribution in [0.25, 0.3) is 0 Å². The Morgan fingerprint density at radius 1 is 1.48 bits per heavy atom. The van der Waals surface area contributed by atoms with E-state index in [0.717, 1.165) is 6.42 Å². The molecule has 0 spiro atoms. The molecule has 1 saturated heterocycles. The number of nitrogens with zero attached hydrogens (tertiary/aromatic N) is 4. The van der Waals surface area contributed by atoms with Crippen LogP contribution < -0.4 is 9.47 Å². The molecule has 1 atom stereocenters. The first-order chi connectivity index (χ1) is 11.1. The number of carbonyl (C=O) groups excluding carboxylic acids is 1. The van der Waals surface area contributed by atoms with Crippen LogP contribution in [0.15, 0.2) is 24.7 Å². The van der Waals surface area contributed by atoms with Gasteiger partial charge < -0.3 is 14.4 Å². The number of halogens is 1. The number of rotatable bonds is 4. The minimum absolute atomic E-state index is 0.0958. The van der Waals surface area contributed by atoms with Gasteiger partial charge in [0.05, 0.1) is 13.7 Å². The maximum Gasteiger partial charge on any atom is 0.261 e. The van der Waals surface area contributed by atoms with Gasteiger partial charge in [0.1, 0.15) is 22.4 Å². The summed E-state index contributed by atoms with van der Waals surface area (Å²) in [5.74, 6) is 0.806. The number of aryl methyl sites for hydroxylation is 1. The molecule has 1 amide bonds. The number of hydrogen-bond donors (Lipinski definition) is 0. The van der Waals surface area contributed by atoms with E-state index in [0.29, 0.717) is 35.3 Å². The van der Waals surface area contributed by atoms with Crippen molar-refractivity contribution in [3.63, 3.8) is 0 Å². The molecule has 1 fully saturated rings. The van der Waals surface area contributed by atoms with Gasteiger partial charge in [0, 0.05) is 44.7 Å². The summed E-state index contributed by atoms with van der Waals surface area (Å²) in [5.41, 5.74) is 0.456. The van der Waals surface area contributed by atoms with E-state index >= 15 is 0 Å². The van der Waals surface area contributed by atoms with E-state index in [1.165, 1.54) is 13.3 Å². The summed E-state index contributed by atoms with van der Waals surface area (Å²) in [6, 6.07) is 1.72. The first kappa shape index (κ1) is 15.6. The predicted molar refractivity (Wildman–Crippen MR) is 83.9 cm³/mol. The zero-order valence-corrected chi connectivity index (χ0v) is 13.7. The maximum atomic E-state index is 12.6. The van der Waals surface area contributed by atoms with Gasteiger partial charge >= 0.3 is 0 Å². The van der Waals surface area contributed by atoms with Crippen LogP contribution in [0.1, 0.15) is 16.8 Å². The highest BCUT2D eigenvalue weighted by Gasteiger charge is 2.31. The minimum atomic E-state index is -0.109. The number of carbonyl (C=O) groups is 1. The molecule has 122 valence electrons. The van der Waals surface area contributed by atoms with Crippen molar-refractivity contribution in [1.29, 1.82) is 0 Å². The van der Waals surface area contributed by atoms with Crippen LogP contribution in [0.2, 0.25) is 5.02 Å². The summed E-state index contributed by atoms with van der Waals surface area (Å²) in [7, 11) is 3.25. The fourth-order valence-corrected chi connectivity index (χ4v) is 2.75. The van der Waals surface area contributed by atoms with E-state index in [4.69, 9.17) is 21.1 Å². The molecule has 3 heterocycles. The van der Waals surface area contributed by atoms with Crippen LogP contribution >= 0.6 is 11.6 Å². The van der Waals surface area contributed by atoms with E-state index in [1.807, 2.05) is 0 Å². The molecule has 7 nitrogen and oxygen atoms in total. The number of amides is 1. The number of pyridine rings is 1. The molecule has 3 rings (SSSR count). The standard InChI is InChI=1S/C15H17ClN4O3/c1-19-9-11(14(18-19)22-2)15(21)20-6-4-10(8-20)23-13-3-5-17-7-12(13)16/h3,5,7,9-10H,4,6,8H2,1-2H3/t10-/m1/s1. The maximum absolute atomic E-state index is 12.6. The smallest absolute Gasteiger partial charge is 0.261 e. The van der Waals surface area contributed by atoms with Gasteiger partial charge in [-0.1, -0.05) is 11.6 Å². The number of aromatic nitrogens is 3. The molecular formula is C15H17ClN4O3. The topological polar surface area (TPSA) is 69.5 Å². The lowest BCUT2D eigenvalue weighted by molar-refractivity contribution is 0.0769. The first-order valence-corrected chi connectivity index (χ1v) is 7.59. The Kier molecular flexibility index (Phi) is 4.38. The lowest BCUT2D eigenvalue weighted by atomic mass is 10.3. The zero-order valence-electron chi connectivity index (χ0n) is 12.9. The molecule has 0 radical (unpaired) electrons. The molecule has 0 N–H and O–H groups in total. The third-order valence-electron chi connectivity index (χ3n) is 3.68. The number of hydrogen-bond acceptors (Lipinski definition) is 5. The lowest BCUT2D eigenvalue weighted by Gasteiger charge is -2.17. The highest BCUT2D eigenvalue weighted by atomic mass is 35.5. The van der Waals surface area contributed by atoms with E-state index in [2.05, 4.69) is 10.1 Å². The molecule has 2 aromatic heterocycles. The average Bonchev–Trinajstić information content (AvgIpc) is 3.15. The zero-order chi connectivity index (χ0) is 16.4. The minimum Gasteiger partial charge on any atom is -0.487 e. The van der Waals surface area contributed by atoms with Crippen LogP contribution in [0.3, 0.4) is 0 Å². The van der Waals surface area contributed by atoms with Gasteiger partial charge in [-0.2, -0.15) is 0 Å². The van der Waals surface area contributed by atoms with Crippen LogP contribution in [-0.4, -0.2) is 51.9 Å². The van der Waals surface area contributed by atoms with Crippen molar-refractivity contribution in [3.05, 3.63) is 35.2 Å². The molecule has 0 unspecified atom stereocenters. The summed E-state index contributed by atoms with van der Waals surface area (Å²) in [6.45, 7) is 1.11. The van der Waals surface area contributed by atoms with Crippen LogP contribution in [0, 0.1) is 0 Å². The molecule has 0 bridgehead atoms. The first-order valence-electron chi connectivity index (χ1n) is 7.21. The molecule has 0 saturated carbocycles. The Bertz CT molecular complexity index is 718. The molecule has 23 heavy (non-hydrogen) atoms. The van der Waals surface area contributed by atoms with Crippen LogP contribution in [0.5, 0.6) is 11.6 Å². The number of likely N-dealkylation sites (tertiary alicyclic amines) is 1. The molecule has 0 aliphatic carbocycles. The van der Waals surface area contributed by atoms with Gasteiger partial charge in [0.2, 0.25) is 5.88 Å². The largest absolute Gasteiger partial charge is 0.487 e. The number of methoxy groups -OCH3 is 1. The molecular weight excluding hydrogens is 320 g/mol. The summed E-state index contributed by atoms with van der Waals surface area (Å²) in [4.78, 5) is 18.3. The molecule has 0 aromatic carbocycles. The van der Waals surface area contributed by atoms with Crippen molar-refractivity contribution in [2.24, 2.45) is 7.05 Å². The van der Waals surface area contributed by atoms with Gasteiger partial charge in [0.25, 0.3) is 5.91 Å². The average molecular weight is 337 g/mol. The molecule has 1 aliphatic heterocycles. The van der Waals surface area contributed by atoms with Crippen molar-refractivity contribution in [2.45, 2.75) is 12.5 Å². The molecule has 2 aromatic rings. The highest BCUT2D eigenvalue weighted by Crippen LogP contribution is 2.27. The van der Waals surface area contributed by atoms with E-state index in [9.17, 15) is 4.79 Å². The second-order valence-electron chi connectivity index (χ2n) is 5.31. The summed E-state index contributed by atoms with van der Waals surface area (Å²) < 4.78 is 12.6. The third kappa shape index (κ3) is 3.24. The fourth-order valence-electron chi connectivity index (χ4n) is 2.58. The van der Waals surface area contributed by atoms with Gasteiger partial charge in [0.15, 0.2) is 0 Å². The Morgan fingerprint density at radius 2 is 2.30 bits per heavy atom. The normalized spacial score (nSPS) is 17.3. The van der Waals surface area contributed by atoms with Crippen LogP contribution in [0.4, 0.5) is 0 Å². The van der Waals surface area contributed by atoms with Gasteiger partial charge in [-0.05, 0) is 0 Å².